The molecule has 0 heterocycles. The highest BCUT2D eigenvalue weighted by Gasteiger charge is 2.10. The lowest BCUT2D eigenvalue weighted by atomic mass is 9.90. The van der Waals surface area contributed by atoms with E-state index in [0.717, 1.165) is 6.07 Å². The van der Waals surface area contributed by atoms with Crippen molar-refractivity contribution in [1.29, 1.82) is 0 Å². The van der Waals surface area contributed by atoms with E-state index in [9.17, 15) is 1.37 Å². The van der Waals surface area contributed by atoms with E-state index in [2.05, 4.69) is 0 Å². The van der Waals surface area contributed by atoms with Gasteiger partial charge in [-0.3, -0.25) is 0 Å². The van der Waals surface area contributed by atoms with Crippen LogP contribution in [0.1, 0.15) is 26.0 Å². The first-order valence-electron chi connectivity index (χ1n) is 18.3. The number of benzene rings is 6. The molecule has 0 spiro atoms. The van der Waals surface area contributed by atoms with Gasteiger partial charge in [0.25, 0.3) is 0 Å². The fraction of sp³-hybridized carbons (Fsp3) is 0. The highest BCUT2D eigenvalue weighted by molar-refractivity contribution is 6.12. The fourth-order valence-corrected chi connectivity index (χ4v) is 3.25. The van der Waals surface area contributed by atoms with Crippen molar-refractivity contribution in [3.63, 3.8) is 0 Å². The van der Waals surface area contributed by atoms with Crippen LogP contribution in [0.2, 0.25) is 0 Å². The maximum atomic E-state index is 9.33. The largest absolute Gasteiger partial charge is 0.0636 e. The van der Waals surface area contributed by atoms with Crippen molar-refractivity contribution in [3.05, 3.63) is 121 Å². The minimum Gasteiger partial charge on any atom is -0.0616 e. The van der Waals surface area contributed by atoms with Crippen LogP contribution in [0.25, 0.3) is 54.6 Å². The molecule has 0 amide bonds. The third kappa shape index (κ3) is 2.77. The van der Waals surface area contributed by atoms with Crippen LogP contribution in [0.4, 0.5) is 0 Å². The van der Waals surface area contributed by atoms with Gasteiger partial charge in [-0.25, -0.2) is 0 Å². The molecular formula is C30H20. The van der Waals surface area contributed by atoms with E-state index >= 15 is 0 Å². The molecule has 0 N–H and O–H groups in total. The third-order valence-corrected chi connectivity index (χ3v) is 4.57. The minimum atomic E-state index is -0.789. The molecule has 0 aromatic heterocycles. The van der Waals surface area contributed by atoms with Gasteiger partial charge in [-0.05, 0) is 72.7 Å². The molecule has 0 radical (unpaired) electrons. The molecule has 0 bridgehead atoms. The molecule has 0 fully saturated rings. The average Bonchev–Trinajstić information content (AvgIpc) is 3.06. The van der Waals surface area contributed by atoms with E-state index in [1.807, 2.05) is 0 Å². The quantitative estimate of drug-likeness (QED) is 0.256. The van der Waals surface area contributed by atoms with Crippen LogP contribution in [-0.2, 0) is 0 Å². The Labute approximate surface area is 202 Å². The summed E-state index contributed by atoms with van der Waals surface area (Å²) in [4.78, 5) is 0. The Morgan fingerprint density at radius 2 is 1.03 bits per heavy atom. The Kier molecular flexibility index (Phi) is 1.50. The van der Waals surface area contributed by atoms with Gasteiger partial charge in [0.1, 0.15) is 0 Å². The van der Waals surface area contributed by atoms with Crippen molar-refractivity contribution < 1.29 is 26.0 Å². The molecular weight excluding hydrogens is 360 g/mol. The van der Waals surface area contributed by atoms with Gasteiger partial charge in [0.15, 0.2) is 0 Å². The molecule has 6 rings (SSSR count). The van der Waals surface area contributed by atoms with Gasteiger partial charge in [-0.1, -0.05) is 103 Å². The van der Waals surface area contributed by atoms with E-state index in [0.29, 0.717) is 0 Å². The number of fused-ring (bicyclic) bond motifs is 3. The van der Waals surface area contributed by atoms with Crippen LogP contribution < -0.4 is 0 Å². The van der Waals surface area contributed by atoms with E-state index in [1.54, 1.807) is 0 Å². The standard InChI is InChI=1S/C30H20/c1-2-9-22-18-24(17-16-21(22)8-1)23-12-7-13-27(19-23)30-28-14-5-3-10-25(28)20-26-11-4-6-15-29(26)30/h1-20H/i1D,2D,3D,4D,5D,6D,7D,8D,9D,10D,11D,13D,14D,15D,16D,17D,18D,19D,20D. The van der Waals surface area contributed by atoms with E-state index in [4.69, 9.17) is 24.7 Å². The van der Waals surface area contributed by atoms with Gasteiger partial charge in [0.2, 0.25) is 0 Å². The Hall–Kier alpha value is -3.90. The van der Waals surface area contributed by atoms with E-state index in [1.165, 1.54) is 0 Å². The SMILES string of the molecule is [2H]c1cc(-c2c([2H])c([2H])c3c([2H])c([2H])c([2H])c([2H])c3c2[2H])c([2H])c(-c2c3c([2H])c([2H])c([2H])c([2H])c3c([2H])c3c([2H])c([2H])c([2H])c([2H])c23)c1[2H]. The van der Waals surface area contributed by atoms with Crippen LogP contribution in [-0.4, -0.2) is 0 Å². The van der Waals surface area contributed by atoms with Gasteiger partial charge >= 0.3 is 0 Å². The molecule has 0 nitrogen and oxygen atoms in total. The average molecular weight is 400 g/mol. The van der Waals surface area contributed by atoms with E-state index < -0.39 is 169 Å². The fourth-order valence-electron chi connectivity index (χ4n) is 3.25. The minimum absolute atomic E-state index is 0.422. The molecule has 0 aliphatic heterocycles. The zero-order valence-electron chi connectivity index (χ0n) is 34.1. The predicted molar refractivity (Wildman–Crippen MR) is 130 cm³/mol. The van der Waals surface area contributed by atoms with Crippen LogP contribution in [0, 0.1) is 0 Å². The summed E-state index contributed by atoms with van der Waals surface area (Å²) in [6.07, 6.45) is 0. The second kappa shape index (κ2) is 6.86. The van der Waals surface area contributed by atoms with Gasteiger partial charge < -0.3 is 0 Å². The number of hydrogen-bond acceptors (Lipinski definition) is 0. The van der Waals surface area contributed by atoms with Crippen LogP contribution >= 0.6 is 0 Å². The van der Waals surface area contributed by atoms with Crippen LogP contribution in [0.15, 0.2) is 121 Å². The van der Waals surface area contributed by atoms with E-state index in [-0.39, 0.29) is 0 Å². The van der Waals surface area contributed by atoms with Gasteiger partial charge in [0, 0.05) is 0 Å². The summed E-state index contributed by atoms with van der Waals surface area (Å²) in [5.74, 6) is 0. The van der Waals surface area contributed by atoms with Crippen molar-refractivity contribution in [1.82, 2.24) is 0 Å². The normalized spacial score (nSPS) is 20.2. The zero-order valence-corrected chi connectivity index (χ0v) is 15.1. The molecule has 0 heteroatoms. The van der Waals surface area contributed by atoms with Crippen LogP contribution in [0.5, 0.6) is 0 Å². The lowest BCUT2D eigenvalue weighted by molar-refractivity contribution is 1.63. The predicted octanol–water partition coefficient (Wildman–Crippen LogP) is 8.48. The lowest BCUT2D eigenvalue weighted by Gasteiger charge is -2.13. The number of rotatable bonds is 2. The molecule has 140 valence electrons. The van der Waals surface area contributed by atoms with Gasteiger partial charge in [0.05, 0.1) is 26.0 Å². The zero-order chi connectivity index (χ0) is 36.5. The molecule has 0 aliphatic carbocycles. The maximum Gasteiger partial charge on any atom is 0.0636 e. The third-order valence-electron chi connectivity index (χ3n) is 4.57. The molecule has 6 aromatic carbocycles. The Balaban J connectivity index is 1.93. The van der Waals surface area contributed by atoms with Crippen molar-refractivity contribution in [2.45, 2.75) is 0 Å². The molecule has 0 saturated carbocycles. The maximum absolute atomic E-state index is 9.33. The number of hydrogen-bond donors (Lipinski definition) is 0. The Bertz CT molecular complexity index is 2460. The smallest absolute Gasteiger partial charge is 0.0616 e. The summed E-state index contributed by atoms with van der Waals surface area (Å²) >= 11 is 0. The summed E-state index contributed by atoms with van der Waals surface area (Å²) in [6, 6.07) is -12.9. The summed E-state index contributed by atoms with van der Waals surface area (Å²) in [5, 5.41) is -2.77. The molecule has 0 aliphatic rings. The molecule has 0 saturated heterocycles. The van der Waals surface area contributed by atoms with Crippen molar-refractivity contribution in [2.75, 3.05) is 0 Å². The lowest BCUT2D eigenvalue weighted by Crippen LogP contribution is -1.87. The second-order valence-electron chi connectivity index (χ2n) is 6.33. The van der Waals surface area contributed by atoms with Crippen molar-refractivity contribution in [2.24, 2.45) is 0 Å². The van der Waals surface area contributed by atoms with Gasteiger partial charge in [-0.15, -0.1) is 0 Å². The molecule has 0 atom stereocenters. The topological polar surface area (TPSA) is 0 Å². The Morgan fingerprint density at radius 3 is 1.77 bits per heavy atom. The molecule has 30 heavy (non-hydrogen) atoms. The first-order chi connectivity index (χ1) is 22.8. The van der Waals surface area contributed by atoms with Crippen molar-refractivity contribution >= 4 is 32.3 Å². The molecule has 6 aromatic rings. The van der Waals surface area contributed by atoms with Crippen LogP contribution in [0.3, 0.4) is 0 Å². The first-order valence-corrected chi connectivity index (χ1v) is 8.83. The van der Waals surface area contributed by atoms with Crippen molar-refractivity contribution in [3.8, 4) is 22.3 Å². The summed E-state index contributed by atoms with van der Waals surface area (Å²) < 4.78 is 163. The summed E-state index contributed by atoms with van der Waals surface area (Å²) in [6.45, 7) is 0. The summed E-state index contributed by atoms with van der Waals surface area (Å²) in [5.41, 5.74) is -2.03. The first kappa shape index (κ1) is 6.55. The molecule has 0 unspecified atom stereocenters. The van der Waals surface area contributed by atoms with Gasteiger partial charge in [-0.2, -0.15) is 0 Å². The summed E-state index contributed by atoms with van der Waals surface area (Å²) in [7, 11) is 0. The Morgan fingerprint density at radius 1 is 0.400 bits per heavy atom. The highest BCUT2D eigenvalue weighted by atomic mass is 14.1. The second-order valence-corrected chi connectivity index (χ2v) is 6.33. The monoisotopic (exact) mass is 399 g/mol. The highest BCUT2D eigenvalue weighted by Crippen LogP contribution is 2.38.